The van der Waals surface area contributed by atoms with Gasteiger partial charge in [0.15, 0.2) is 11.6 Å². The number of hydrogen-bond donors (Lipinski definition) is 4. The van der Waals surface area contributed by atoms with Crippen LogP contribution in [0.3, 0.4) is 0 Å². The van der Waals surface area contributed by atoms with E-state index in [4.69, 9.17) is 9.47 Å². The number of ketones is 2. The van der Waals surface area contributed by atoms with E-state index in [0.29, 0.717) is 38.8 Å². The van der Waals surface area contributed by atoms with Gasteiger partial charge in [-0.3, -0.25) is 19.2 Å². The van der Waals surface area contributed by atoms with Crippen LogP contribution in [-0.4, -0.2) is 77.5 Å². The Labute approximate surface area is 408 Å². The summed E-state index contributed by atoms with van der Waals surface area (Å²) < 4.78 is 11.3. The van der Waals surface area contributed by atoms with E-state index >= 15 is 9.59 Å². The average Bonchev–Trinajstić information content (AvgIpc) is 3.30. The Kier molecular flexibility index (Phi) is 22.7. The second-order valence-electron chi connectivity index (χ2n) is 23.3. The predicted octanol–water partition coefficient (Wildman–Crippen LogP) is 11.7. The van der Waals surface area contributed by atoms with Gasteiger partial charge in [0.05, 0.1) is 23.6 Å². The van der Waals surface area contributed by atoms with Gasteiger partial charge in [-0.15, -0.1) is 0 Å². The third-order valence-corrected chi connectivity index (χ3v) is 17.4. The van der Waals surface area contributed by atoms with Crippen molar-refractivity contribution in [2.45, 2.75) is 271 Å². The summed E-state index contributed by atoms with van der Waals surface area (Å²) in [5.74, 6) is 0.176. The zero-order chi connectivity index (χ0) is 49.4. The number of alkyl carbamates (subject to hydrolysis) is 1. The van der Waals surface area contributed by atoms with Gasteiger partial charge in [0.2, 0.25) is 5.91 Å². The third kappa shape index (κ3) is 15.7. The first-order valence-corrected chi connectivity index (χ1v) is 27.9. The Bertz CT molecular complexity index is 1570. The molecule has 4 aliphatic rings. The third-order valence-electron chi connectivity index (χ3n) is 17.4. The molecule has 0 saturated heterocycles. The number of carbonyl (C=O) groups excluding carboxylic acids is 5. The monoisotopic (exact) mass is 941 g/mol. The van der Waals surface area contributed by atoms with Crippen molar-refractivity contribution in [1.82, 2.24) is 21.3 Å². The number of hydrogen-bond acceptors (Lipinski definition) is 9. The quantitative estimate of drug-likeness (QED) is 0.0518. The molecule has 4 N–H and O–H groups in total. The van der Waals surface area contributed by atoms with Crippen LogP contribution < -0.4 is 21.3 Å². The van der Waals surface area contributed by atoms with Crippen molar-refractivity contribution in [2.24, 2.45) is 40.9 Å². The first kappa shape index (κ1) is 57.1. The maximum absolute atomic E-state index is 15.2. The van der Waals surface area contributed by atoms with E-state index < -0.39 is 22.8 Å². The van der Waals surface area contributed by atoms with Crippen molar-refractivity contribution in [3.63, 3.8) is 0 Å². The standard InChI is InChI=1S/C56H100N4O7/c1-12-18-36-66-51(64)41(15-4)44-30-22-25-33-47(44)60-55(11,17-6)50(63)40(14-3)43-29-21-24-32-46(43)59-54(10,16-5)49(62)39(13-2)42-28-20-23-31-45(42)58-48(61)37-56(34-26-19-27-35-56)38-57-52(65)67-53(7,8)9/h39-47,59-60H,12-38H2,1-11H3,(H,57,65)(H,58,61)/t39-,40-,41-,42-,43-,44-,45-,46-,47-,54?,55?/m0/s1. The second-order valence-corrected chi connectivity index (χ2v) is 23.3. The number of ether oxygens (including phenoxy) is 2. The van der Waals surface area contributed by atoms with Crippen LogP contribution in [0.5, 0.6) is 0 Å². The van der Waals surface area contributed by atoms with E-state index in [9.17, 15) is 14.4 Å². The number of esters is 1. The molecule has 4 saturated carbocycles. The fraction of sp³-hybridized carbons (Fsp3) is 0.911. The average molecular weight is 941 g/mol. The number of Topliss-reactive ketones (excluding diaryl/α,β-unsaturated/α-hetero) is 2. The van der Waals surface area contributed by atoms with Crippen molar-refractivity contribution < 1.29 is 33.4 Å². The van der Waals surface area contributed by atoms with Gasteiger partial charge in [-0.2, -0.15) is 0 Å². The highest BCUT2D eigenvalue weighted by Crippen LogP contribution is 2.42. The molecule has 0 aliphatic heterocycles. The molecule has 2 amide bonds. The highest BCUT2D eigenvalue weighted by Gasteiger charge is 2.49. The normalized spacial score (nSPS) is 27.8. The zero-order valence-corrected chi connectivity index (χ0v) is 44.6. The summed E-state index contributed by atoms with van der Waals surface area (Å²) in [6, 6.07) is 0.0179. The number of amides is 2. The van der Waals surface area contributed by atoms with Gasteiger partial charge in [0.25, 0.3) is 0 Å². The lowest BCUT2D eigenvalue weighted by Crippen LogP contribution is -2.62. The minimum atomic E-state index is -0.781. The van der Waals surface area contributed by atoms with Gasteiger partial charge in [-0.1, -0.05) is 106 Å². The first-order valence-electron chi connectivity index (χ1n) is 27.9. The van der Waals surface area contributed by atoms with E-state index in [1.54, 1.807) is 0 Å². The van der Waals surface area contributed by atoms with E-state index in [1.165, 1.54) is 0 Å². The molecular weight excluding hydrogens is 841 g/mol. The Morgan fingerprint density at radius 1 is 0.582 bits per heavy atom. The summed E-state index contributed by atoms with van der Waals surface area (Å²) in [5.41, 5.74) is -2.43. The molecular formula is C56H100N4O7. The van der Waals surface area contributed by atoms with E-state index in [-0.39, 0.29) is 82.5 Å². The lowest BCUT2D eigenvalue weighted by Gasteiger charge is -2.47. The molecule has 67 heavy (non-hydrogen) atoms. The molecule has 4 fully saturated rings. The SMILES string of the molecule is CCCCOC(=O)[C@@H](CC)[C@@H]1CCCC[C@@H]1NC(C)(CC)C(=O)[C@@H](CC)[C@@H]1CCCC[C@@H]1NC(C)(CC)C(=O)[C@@H](CC)[C@@H]1CCCC[C@@H]1NC(=O)CC1(CNC(=O)OC(C)(C)C)CCCCC1. The molecule has 0 heterocycles. The van der Waals surface area contributed by atoms with Gasteiger partial charge in [-0.05, 0) is 148 Å². The molecule has 4 rings (SSSR count). The number of rotatable bonds is 25. The summed E-state index contributed by atoms with van der Waals surface area (Å²) in [7, 11) is 0. The van der Waals surface area contributed by atoms with Crippen molar-refractivity contribution in [1.29, 1.82) is 0 Å². The highest BCUT2D eigenvalue weighted by atomic mass is 16.6. The van der Waals surface area contributed by atoms with Gasteiger partial charge in [-0.25, -0.2) is 4.79 Å². The molecule has 386 valence electrons. The summed E-state index contributed by atoms with van der Waals surface area (Å²) in [6.45, 7) is 23.4. The van der Waals surface area contributed by atoms with Gasteiger partial charge < -0.3 is 30.7 Å². The Balaban J connectivity index is 1.50. The summed E-state index contributed by atoms with van der Waals surface area (Å²) in [4.78, 5) is 70.7. The Hall–Kier alpha value is -2.53. The van der Waals surface area contributed by atoms with Crippen molar-refractivity contribution in [3.8, 4) is 0 Å². The first-order chi connectivity index (χ1) is 31.8. The van der Waals surface area contributed by atoms with Crippen LogP contribution in [0.2, 0.25) is 0 Å². The van der Waals surface area contributed by atoms with Crippen LogP contribution in [0.1, 0.15) is 237 Å². The molecule has 11 nitrogen and oxygen atoms in total. The van der Waals surface area contributed by atoms with Gasteiger partial charge >= 0.3 is 12.1 Å². The van der Waals surface area contributed by atoms with E-state index in [0.717, 1.165) is 135 Å². The van der Waals surface area contributed by atoms with Crippen LogP contribution in [0, 0.1) is 40.9 Å². The van der Waals surface area contributed by atoms with Crippen LogP contribution in [-0.2, 0) is 28.7 Å². The molecule has 0 aromatic rings. The van der Waals surface area contributed by atoms with E-state index in [2.05, 4.69) is 76.7 Å². The van der Waals surface area contributed by atoms with Crippen LogP contribution in [0.25, 0.3) is 0 Å². The summed E-state index contributed by atoms with van der Waals surface area (Å²) >= 11 is 0. The Morgan fingerprint density at radius 3 is 1.48 bits per heavy atom. The zero-order valence-electron chi connectivity index (χ0n) is 44.6. The fourth-order valence-electron chi connectivity index (χ4n) is 13.1. The van der Waals surface area contributed by atoms with Crippen molar-refractivity contribution >= 4 is 29.5 Å². The minimum Gasteiger partial charge on any atom is -0.465 e. The fourth-order valence-corrected chi connectivity index (χ4v) is 13.1. The molecule has 11 heteroatoms. The number of nitrogens with one attached hydrogen (secondary N) is 4. The van der Waals surface area contributed by atoms with E-state index in [1.807, 2.05) is 20.8 Å². The van der Waals surface area contributed by atoms with Crippen LogP contribution in [0.15, 0.2) is 0 Å². The minimum absolute atomic E-state index is 0.0199. The van der Waals surface area contributed by atoms with Gasteiger partial charge in [0.1, 0.15) is 5.60 Å². The molecule has 0 bridgehead atoms. The van der Waals surface area contributed by atoms with Crippen LogP contribution >= 0.6 is 0 Å². The molecule has 0 aromatic carbocycles. The topological polar surface area (TPSA) is 152 Å². The summed E-state index contributed by atoms with van der Waals surface area (Å²) in [6.07, 6.45) is 22.2. The molecule has 0 spiro atoms. The maximum Gasteiger partial charge on any atom is 0.407 e. The summed E-state index contributed by atoms with van der Waals surface area (Å²) in [5, 5.41) is 14.5. The number of carbonyl (C=O) groups is 5. The lowest BCUT2D eigenvalue weighted by atomic mass is 9.67. The van der Waals surface area contributed by atoms with Crippen molar-refractivity contribution in [3.05, 3.63) is 0 Å². The maximum atomic E-state index is 15.2. The smallest absolute Gasteiger partial charge is 0.407 e. The predicted molar refractivity (Wildman–Crippen MR) is 271 cm³/mol. The van der Waals surface area contributed by atoms with Gasteiger partial charge in [0, 0.05) is 42.9 Å². The lowest BCUT2D eigenvalue weighted by molar-refractivity contribution is -0.152. The second kappa shape index (κ2) is 26.6. The molecule has 4 aliphatic carbocycles. The van der Waals surface area contributed by atoms with Crippen molar-refractivity contribution in [2.75, 3.05) is 13.2 Å². The molecule has 11 atom stereocenters. The molecule has 2 unspecified atom stereocenters. The van der Waals surface area contributed by atoms with Crippen LogP contribution in [0.4, 0.5) is 4.79 Å². The molecule has 0 radical (unpaired) electrons. The highest BCUT2D eigenvalue weighted by molar-refractivity contribution is 5.91. The Morgan fingerprint density at radius 2 is 1.03 bits per heavy atom. The molecule has 0 aromatic heterocycles. The largest absolute Gasteiger partial charge is 0.465 e. The number of unbranched alkanes of at least 4 members (excludes halogenated alkanes) is 1.